The molecule has 1 atom stereocenters. The Morgan fingerprint density at radius 2 is 2.04 bits per heavy atom. The van der Waals surface area contributed by atoms with E-state index >= 15 is 0 Å². The lowest BCUT2D eigenvalue weighted by Gasteiger charge is -2.19. The standard InChI is InChI=1S/C19H22N4O/c1-2-14-10-17-18(20-11-14)21-19(22-9-8-16(24)13-22)23(17)12-15-6-4-3-5-7-15/h3-7,10-11,16,24H,2,8-9,12-13H2,1H3/t16-/m1/s1. The summed E-state index contributed by atoms with van der Waals surface area (Å²) in [6.45, 7) is 4.37. The molecule has 2 aromatic heterocycles. The van der Waals surface area contributed by atoms with Gasteiger partial charge in [-0.15, -0.1) is 0 Å². The third kappa shape index (κ3) is 2.76. The first kappa shape index (κ1) is 15.1. The highest BCUT2D eigenvalue weighted by molar-refractivity contribution is 5.76. The minimum absolute atomic E-state index is 0.269. The average Bonchev–Trinajstić information content (AvgIpc) is 3.19. The van der Waals surface area contributed by atoms with E-state index in [0.29, 0.717) is 6.54 Å². The van der Waals surface area contributed by atoms with Gasteiger partial charge in [0.15, 0.2) is 5.65 Å². The number of pyridine rings is 1. The maximum atomic E-state index is 9.90. The quantitative estimate of drug-likeness (QED) is 0.802. The van der Waals surface area contributed by atoms with Crippen LogP contribution in [0.3, 0.4) is 0 Å². The minimum Gasteiger partial charge on any atom is -0.391 e. The number of aryl methyl sites for hydroxylation is 1. The number of aliphatic hydroxyl groups excluding tert-OH is 1. The van der Waals surface area contributed by atoms with Crippen molar-refractivity contribution in [3.05, 3.63) is 53.7 Å². The molecule has 1 saturated heterocycles. The van der Waals surface area contributed by atoms with E-state index < -0.39 is 0 Å². The van der Waals surface area contributed by atoms with Crippen LogP contribution in [0.4, 0.5) is 5.95 Å². The molecule has 1 N–H and O–H groups in total. The van der Waals surface area contributed by atoms with Gasteiger partial charge in [0.1, 0.15) is 0 Å². The van der Waals surface area contributed by atoms with Crippen LogP contribution in [-0.4, -0.2) is 38.8 Å². The second kappa shape index (κ2) is 6.24. The number of aromatic nitrogens is 3. The molecule has 0 amide bonds. The molecule has 3 aromatic rings. The number of hydrogen-bond donors (Lipinski definition) is 1. The van der Waals surface area contributed by atoms with Crippen molar-refractivity contribution in [2.75, 3.05) is 18.0 Å². The number of nitrogens with zero attached hydrogens (tertiary/aromatic N) is 4. The van der Waals surface area contributed by atoms with Crippen molar-refractivity contribution in [2.24, 2.45) is 0 Å². The Kier molecular flexibility index (Phi) is 3.94. The number of fused-ring (bicyclic) bond motifs is 1. The van der Waals surface area contributed by atoms with Crippen LogP contribution in [0.2, 0.25) is 0 Å². The third-order valence-electron chi connectivity index (χ3n) is 4.68. The van der Waals surface area contributed by atoms with Crippen LogP contribution in [0.25, 0.3) is 11.2 Å². The van der Waals surface area contributed by atoms with E-state index in [1.165, 1.54) is 11.1 Å². The van der Waals surface area contributed by atoms with Crippen molar-refractivity contribution < 1.29 is 5.11 Å². The van der Waals surface area contributed by atoms with E-state index in [9.17, 15) is 5.11 Å². The summed E-state index contributed by atoms with van der Waals surface area (Å²) in [5, 5.41) is 9.90. The van der Waals surface area contributed by atoms with Crippen molar-refractivity contribution >= 4 is 17.1 Å². The molecule has 1 aromatic carbocycles. The molecular weight excluding hydrogens is 300 g/mol. The van der Waals surface area contributed by atoms with Gasteiger partial charge in [-0.1, -0.05) is 37.3 Å². The monoisotopic (exact) mass is 322 g/mol. The Labute approximate surface area is 141 Å². The van der Waals surface area contributed by atoms with Crippen molar-refractivity contribution in [1.29, 1.82) is 0 Å². The summed E-state index contributed by atoms with van der Waals surface area (Å²) < 4.78 is 2.23. The molecule has 0 bridgehead atoms. The van der Waals surface area contributed by atoms with E-state index in [1.807, 2.05) is 12.3 Å². The van der Waals surface area contributed by atoms with Crippen LogP contribution in [0.15, 0.2) is 42.6 Å². The Balaban J connectivity index is 1.82. The summed E-state index contributed by atoms with van der Waals surface area (Å²) >= 11 is 0. The van der Waals surface area contributed by atoms with Gasteiger partial charge < -0.3 is 14.6 Å². The highest BCUT2D eigenvalue weighted by Crippen LogP contribution is 2.26. The van der Waals surface area contributed by atoms with E-state index in [-0.39, 0.29) is 6.10 Å². The van der Waals surface area contributed by atoms with Crippen molar-refractivity contribution in [2.45, 2.75) is 32.4 Å². The summed E-state index contributed by atoms with van der Waals surface area (Å²) in [4.78, 5) is 11.5. The molecule has 0 spiro atoms. The molecule has 5 nitrogen and oxygen atoms in total. The Bertz CT molecular complexity index is 843. The molecule has 1 aliphatic rings. The van der Waals surface area contributed by atoms with Crippen molar-refractivity contribution in [1.82, 2.24) is 14.5 Å². The molecule has 0 aliphatic carbocycles. The Morgan fingerprint density at radius 1 is 1.21 bits per heavy atom. The molecule has 24 heavy (non-hydrogen) atoms. The molecule has 1 fully saturated rings. The molecule has 0 saturated carbocycles. The van der Waals surface area contributed by atoms with Gasteiger partial charge in [-0.05, 0) is 30.0 Å². The average molecular weight is 322 g/mol. The zero-order valence-electron chi connectivity index (χ0n) is 13.9. The minimum atomic E-state index is -0.269. The molecule has 3 heterocycles. The molecule has 4 rings (SSSR count). The summed E-state index contributed by atoms with van der Waals surface area (Å²) in [7, 11) is 0. The van der Waals surface area contributed by atoms with Crippen LogP contribution >= 0.6 is 0 Å². The van der Waals surface area contributed by atoms with Crippen LogP contribution in [0, 0.1) is 0 Å². The molecule has 5 heteroatoms. The lowest BCUT2D eigenvalue weighted by Crippen LogP contribution is -2.25. The summed E-state index contributed by atoms with van der Waals surface area (Å²) in [5.41, 5.74) is 4.29. The fourth-order valence-electron chi connectivity index (χ4n) is 3.32. The van der Waals surface area contributed by atoms with E-state index in [1.54, 1.807) is 0 Å². The molecule has 124 valence electrons. The topological polar surface area (TPSA) is 54.2 Å². The first-order valence-electron chi connectivity index (χ1n) is 8.56. The van der Waals surface area contributed by atoms with Gasteiger partial charge in [-0.25, -0.2) is 4.98 Å². The van der Waals surface area contributed by atoms with Crippen molar-refractivity contribution in [3.8, 4) is 0 Å². The second-order valence-corrected chi connectivity index (χ2v) is 6.41. The fraction of sp³-hybridized carbons (Fsp3) is 0.368. The van der Waals surface area contributed by atoms with Crippen LogP contribution in [-0.2, 0) is 13.0 Å². The van der Waals surface area contributed by atoms with E-state index in [0.717, 1.165) is 43.0 Å². The van der Waals surface area contributed by atoms with Crippen LogP contribution in [0.1, 0.15) is 24.5 Å². The zero-order chi connectivity index (χ0) is 16.5. The predicted octanol–water partition coefficient (Wildman–Crippen LogP) is 2.61. The zero-order valence-corrected chi connectivity index (χ0v) is 13.9. The van der Waals surface area contributed by atoms with Gasteiger partial charge in [-0.2, -0.15) is 4.98 Å². The van der Waals surface area contributed by atoms with E-state index in [4.69, 9.17) is 4.98 Å². The number of rotatable bonds is 4. The van der Waals surface area contributed by atoms with Gasteiger partial charge >= 0.3 is 0 Å². The Hall–Kier alpha value is -2.40. The van der Waals surface area contributed by atoms with E-state index in [2.05, 4.69) is 51.7 Å². The first-order valence-corrected chi connectivity index (χ1v) is 8.56. The molecule has 1 aliphatic heterocycles. The summed E-state index contributed by atoms with van der Waals surface area (Å²) in [6, 6.07) is 12.6. The molecule has 0 radical (unpaired) electrons. The number of β-amino-alcohol motifs (C(OH)–C–C–N with tert-alkyl or cyclic N) is 1. The summed E-state index contributed by atoms with van der Waals surface area (Å²) in [5.74, 6) is 0.908. The Morgan fingerprint density at radius 3 is 2.75 bits per heavy atom. The van der Waals surface area contributed by atoms with Gasteiger partial charge in [-0.3, -0.25) is 0 Å². The van der Waals surface area contributed by atoms with Crippen molar-refractivity contribution in [3.63, 3.8) is 0 Å². The largest absolute Gasteiger partial charge is 0.391 e. The number of imidazole rings is 1. The van der Waals surface area contributed by atoms with Gasteiger partial charge in [0.2, 0.25) is 5.95 Å². The van der Waals surface area contributed by atoms with Gasteiger partial charge in [0.05, 0.1) is 18.2 Å². The highest BCUT2D eigenvalue weighted by Gasteiger charge is 2.25. The summed E-state index contributed by atoms with van der Waals surface area (Å²) in [6.07, 6.45) is 3.39. The number of benzene rings is 1. The third-order valence-corrected chi connectivity index (χ3v) is 4.68. The van der Waals surface area contributed by atoms with Crippen LogP contribution < -0.4 is 4.90 Å². The second-order valence-electron chi connectivity index (χ2n) is 6.41. The normalized spacial score (nSPS) is 17.8. The maximum Gasteiger partial charge on any atom is 0.208 e. The smallest absolute Gasteiger partial charge is 0.208 e. The fourth-order valence-corrected chi connectivity index (χ4v) is 3.32. The maximum absolute atomic E-state index is 9.90. The molecule has 0 unspecified atom stereocenters. The number of aliphatic hydroxyl groups is 1. The molecular formula is C19H22N4O. The highest BCUT2D eigenvalue weighted by atomic mass is 16.3. The number of anilines is 1. The predicted molar refractivity (Wildman–Crippen MR) is 95.3 cm³/mol. The van der Waals surface area contributed by atoms with Gasteiger partial charge in [0.25, 0.3) is 0 Å². The lowest BCUT2D eigenvalue weighted by molar-refractivity contribution is 0.198. The SMILES string of the molecule is CCc1cnc2nc(N3CC[C@@H](O)C3)n(Cc3ccccc3)c2c1. The number of hydrogen-bond acceptors (Lipinski definition) is 4. The van der Waals surface area contributed by atoms with Gasteiger partial charge in [0, 0.05) is 19.3 Å². The lowest BCUT2D eigenvalue weighted by atomic mass is 10.2. The van der Waals surface area contributed by atoms with Crippen LogP contribution in [0.5, 0.6) is 0 Å². The first-order chi connectivity index (χ1) is 11.7.